The van der Waals surface area contributed by atoms with E-state index < -0.39 is 4.92 Å². The molecular formula is C8H2ClN3O2. The van der Waals surface area contributed by atoms with E-state index in [0.717, 1.165) is 0 Å². The zero-order valence-electron chi connectivity index (χ0n) is 6.69. The van der Waals surface area contributed by atoms with Gasteiger partial charge in [-0.2, -0.15) is 5.26 Å². The van der Waals surface area contributed by atoms with Crippen LogP contribution in [0.5, 0.6) is 0 Å². The van der Waals surface area contributed by atoms with Gasteiger partial charge < -0.3 is 0 Å². The summed E-state index contributed by atoms with van der Waals surface area (Å²) in [6.45, 7) is 0. The van der Waals surface area contributed by atoms with Gasteiger partial charge in [0.2, 0.25) is 5.15 Å². The second-order valence-corrected chi connectivity index (χ2v) is 2.51. The third-order valence-electron chi connectivity index (χ3n) is 1.28. The van der Waals surface area contributed by atoms with Gasteiger partial charge in [0, 0.05) is 18.2 Å². The van der Waals surface area contributed by atoms with Crippen molar-refractivity contribution in [1.29, 1.82) is 5.26 Å². The monoisotopic (exact) mass is 207 g/mol. The first-order chi connectivity index (χ1) is 6.65. The average molecular weight is 208 g/mol. The van der Waals surface area contributed by atoms with Gasteiger partial charge >= 0.3 is 5.69 Å². The Balaban J connectivity index is 3.21. The highest BCUT2D eigenvalue weighted by molar-refractivity contribution is 6.31. The van der Waals surface area contributed by atoms with Crippen molar-refractivity contribution in [3.05, 3.63) is 33.1 Å². The Labute approximate surface area is 84.1 Å². The maximum Gasteiger partial charge on any atom is 0.307 e. The lowest BCUT2D eigenvalue weighted by Gasteiger charge is -1.93. The van der Waals surface area contributed by atoms with E-state index in [1.807, 2.05) is 0 Å². The summed E-state index contributed by atoms with van der Waals surface area (Å²) in [5.41, 5.74) is -0.0425. The topological polar surface area (TPSA) is 79.8 Å². The van der Waals surface area contributed by atoms with Gasteiger partial charge in [-0.1, -0.05) is 11.6 Å². The van der Waals surface area contributed by atoms with Gasteiger partial charge in [-0.25, -0.2) is 4.98 Å². The molecule has 0 aliphatic heterocycles. The molecule has 0 spiro atoms. The van der Waals surface area contributed by atoms with Gasteiger partial charge in [0.25, 0.3) is 0 Å². The fourth-order valence-corrected chi connectivity index (χ4v) is 0.905. The number of hydrogen-bond donors (Lipinski definition) is 0. The van der Waals surface area contributed by atoms with Gasteiger partial charge in [0.1, 0.15) is 0 Å². The molecule has 0 saturated carbocycles. The summed E-state index contributed by atoms with van der Waals surface area (Å²) in [7, 11) is 0. The number of nitrogens with zero attached hydrogens (tertiary/aromatic N) is 3. The molecule has 0 aromatic carbocycles. The molecule has 0 radical (unpaired) electrons. The first-order valence-electron chi connectivity index (χ1n) is 3.35. The molecule has 1 aromatic heterocycles. The maximum atomic E-state index is 10.4. The molecule has 6 heteroatoms. The number of nitro groups is 1. The van der Waals surface area contributed by atoms with E-state index in [4.69, 9.17) is 16.9 Å². The van der Waals surface area contributed by atoms with Crippen molar-refractivity contribution >= 4 is 17.3 Å². The maximum absolute atomic E-state index is 10.4. The molecule has 1 aromatic rings. The summed E-state index contributed by atoms with van der Waals surface area (Å²) in [6, 6.07) is 2.75. The lowest BCUT2D eigenvalue weighted by molar-refractivity contribution is -0.385. The normalized spacial score (nSPS) is 8.29. The summed E-state index contributed by atoms with van der Waals surface area (Å²) in [6.07, 6.45) is 1.26. The van der Waals surface area contributed by atoms with E-state index in [1.165, 1.54) is 12.3 Å². The first-order valence-corrected chi connectivity index (χ1v) is 3.73. The molecule has 5 nitrogen and oxygen atoms in total. The largest absolute Gasteiger partial charge is 0.307 e. The minimum absolute atomic E-state index is 0.197. The Bertz CT molecular complexity index is 482. The first kappa shape index (κ1) is 9.97. The number of nitriles is 1. The molecule has 1 rings (SSSR count). The van der Waals surface area contributed by atoms with Crippen LogP contribution in [0.4, 0.5) is 5.69 Å². The molecule has 0 N–H and O–H groups in total. The van der Waals surface area contributed by atoms with Gasteiger partial charge in [-0.15, -0.1) is 0 Å². The van der Waals surface area contributed by atoms with Gasteiger partial charge in [-0.05, 0) is 5.92 Å². The fourth-order valence-electron chi connectivity index (χ4n) is 0.733. The highest BCUT2D eigenvalue weighted by Gasteiger charge is 2.13. The van der Waals surface area contributed by atoms with Crippen LogP contribution in [0, 0.1) is 33.3 Å². The summed E-state index contributed by atoms with van der Waals surface area (Å²) in [5.74, 6) is 4.48. The van der Waals surface area contributed by atoms with Crippen LogP contribution in [-0.4, -0.2) is 9.91 Å². The molecule has 0 unspecified atom stereocenters. The van der Waals surface area contributed by atoms with Crippen molar-refractivity contribution < 1.29 is 4.92 Å². The number of aromatic nitrogens is 1. The van der Waals surface area contributed by atoms with E-state index in [0.29, 0.717) is 0 Å². The summed E-state index contributed by atoms with van der Waals surface area (Å²) < 4.78 is 0. The second kappa shape index (κ2) is 4.22. The number of rotatable bonds is 1. The summed E-state index contributed by atoms with van der Waals surface area (Å²) in [5, 5.41) is 18.4. The predicted molar refractivity (Wildman–Crippen MR) is 48.4 cm³/mol. The average Bonchev–Trinajstić information content (AvgIpc) is 2.16. The minimum atomic E-state index is -0.660. The van der Waals surface area contributed by atoms with E-state index in [-0.39, 0.29) is 16.4 Å². The number of pyridine rings is 1. The van der Waals surface area contributed by atoms with Crippen molar-refractivity contribution in [3.63, 3.8) is 0 Å². The number of hydrogen-bond acceptors (Lipinski definition) is 4. The fraction of sp³-hybridized carbons (Fsp3) is 0. The molecule has 0 saturated heterocycles. The molecule has 14 heavy (non-hydrogen) atoms. The van der Waals surface area contributed by atoms with E-state index >= 15 is 0 Å². The summed E-state index contributed by atoms with van der Waals surface area (Å²) >= 11 is 5.46. The highest BCUT2D eigenvalue weighted by Crippen LogP contribution is 2.21. The van der Waals surface area contributed by atoms with E-state index in [9.17, 15) is 10.1 Å². The van der Waals surface area contributed by atoms with Gasteiger partial charge in [0.15, 0.2) is 6.07 Å². The molecular weight excluding hydrogens is 206 g/mol. The van der Waals surface area contributed by atoms with Crippen molar-refractivity contribution in [2.24, 2.45) is 0 Å². The molecule has 1 heterocycles. The Morgan fingerprint density at radius 1 is 1.64 bits per heavy atom. The summed E-state index contributed by atoms with van der Waals surface area (Å²) in [4.78, 5) is 13.3. The molecule has 0 fully saturated rings. The standard InChI is InChI=1S/C8H2ClN3O2/c9-8-7(12(13)14)4-6(5-11-8)2-1-3-10/h4-5H. The van der Waals surface area contributed by atoms with Crippen LogP contribution < -0.4 is 0 Å². The van der Waals surface area contributed by atoms with Crippen molar-refractivity contribution in [3.8, 4) is 17.9 Å². The van der Waals surface area contributed by atoms with Crippen molar-refractivity contribution in [2.75, 3.05) is 0 Å². The zero-order valence-corrected chi connectivity index (χ0v) is 7.45. The minimum Gasteiger partial charge on any atom is -0.258 e. The van der Waals surface area contributed by atoms with Crippen LogP contribution >= 0.6 is 11.6 Å². The van der Waals surface area contributed by atoms with Crippen LogP contribution in [0.2, 0.25) is 5.15 Å². The SMILES string of the molecule is N#CC#Cc1cnc(Cl)c([N+](=O)[O-])c1. The Hall–Kier alpha value is -2.11. The molecule has 0 bridgehead atoms. The third kappa shape index (κ3) is 2.19. The quantitative estimate of drug-likeness (QED) is 0.303. The van der Waals surface area contributed by atoms with Crippen LogP contribution in [0.25, 0.3) is 0 Å². The Morgan fingerprint density at radius 3 is 2.93 bits per heavy atom. The van der Waals surface area contributed by atoms with Gasteiger partial charge in [0.05, 0.1) is 10.5 Å². The smallest absolute Gasteiger partial charge is 0.258 e. The Morgan fingerprint density at radius 2 is 2.36 bits per heavy atom. The van der Waals surface area contributed by atoms with Crippen LogP contribution in [-0.2, 0) is 0 Å². The zero-order chi connectivity index (χ0) is 10.6. The third-order valence-corrected chi connectivity index (χ3v) is 1.57. The second-order valence-electron chi connectivity index (χ2n) is 2.15. The van der Waals surface area contributed by atoms with Gasteiger partial charge in [-0.3, -0.25) is 10.1 Å². The van der Waals surface area contributed by atoms with E-state index in [2.05, 4.69) is 16.8 Å². The van der Waals surface area contributed by atoms with Crippen LogP contribution in [0.15, 0.2) is 12.3 Å². The molecule has 68 valence electrons. The highest BCUT2D eigenvalue weighted by atomic mass is 35.5. The van der Waals surface area contributed by atoms with E-state index in [1.54, 1.807) is 6.07 Å². The molecule has 0 aliphatic carbocycles. The predicted octanol–water partition coefficient (Wildman–Crippen LogP) is 1.52. The molecule has 0 atom stereocenters. The van der Waals surface area contributed by atoms with Crippen molar-refractivity contribution in [1.82, 2.24) is 4.98 Å². The molecule has 0 aliphatic rings. The lowest BCUT2D eigenvalue weighted by atomic mass is 10.3. The van der Waals surface area contributed by atoms with Crippen LogP contribution in [0.3, 0.4) is 0 Å². The van der Waals surface area contributed by atoms with Crippen LogP contribution in [0.1, 0.15) is 5.56 Å². The molecule has 0 amide bonds. The Kier molecular flexibility index (Phi) is 3.01. The number of halogens is 1. The van der Waals surface area contributed by atoms with Crippen molar-refractivity contribution in [2.45, 2.75) is 0 Å². The lowest BCUT2D eigenvalue weighted by Crippen LogP contribution is -1.92.